The van der Waals surface area contributed by atoms with Gasteiger partial charge < -0.3 is 4.90 Å². The molecule has 1 atom stereocenters. The Morgan fingerprint density at radius 1 is 1.27 bits per heavy atom. The minimum absolute atomic E-state index is 0.241. The van der Waals surface area contributed by atoms with Crippen molar-refractivity contribution >= 4 is 37.4 Å². The fourth-order valence-corrected chi connectivity index (χ4v) is 5.31. The van der Waals surface area contributed by atoms with E-state index in [2.05, 4.69) is 4.72 Å². The molecule has 0 bridgehead atoms. The van der Waals surface area contributed by atoms with E-state index in [0.717, 1.165) is 18.2 Å². The zero-order chi connectivity index (χ0) is 19.7. The summed E-state index contributed by atoms with van der Waals surface area (Å²) in [6.45, 7) is 1.88. The van der Waals surface area contributed by atoms with Crippen molar-refractivity contribution in [3.8, 4) is 0 Å². The predicted octanol–water partition coefficient (Wildman–Crippen LogP) is 1.18. The van der Waals surface area contributed by atoms with Gasteiger partial charge in [0.05, 0.1) is 21.2 Å². The van der Waals surface area contributed by atoms with Crippen LogP contribution in [0.2, 0.25) is 5.02 Å². The van der Waals surface area contributed by atoms with Gasteiger partial charge in [-0.3, -0.25) is 4.79 Å². The lowest BCUT2D eigenvalue weighted by Gasteiger charge is -2.32. The van der Waals surface area contributed by atoms with Crippen molar-refractivity contribution in [3.05, 3.63) is 29.0 Å². The van der Waals surface area contributed by atoms with Crippen LogP contribution >= 0.6 is 11.6 Å². The molecular weight excluding hydrogens is 407 g/mol. The number of sulfonamides is 1. The van der Waals surface area contributed by atoms with Crippen LogP contribution in [0.3, 0.4) is 0 Å². The molecule has 1 unspecified atom stereocenters. The molecule has 1 N–H and O–H groups in total. The van der Waals surface area contributed by atoms with Crippen LogP contribution in [-0.4, -0.2) is 58.3 Å². The van der Waals surface area contributed by atoms with Crippen molar-refractivity contribution in [3.63, 3.8) is 0 Å². The Hall–Kier alpha value is -1.23. The molecule has 2 rings (SSSR count). The van der Waals surface area contributed by atoms with Crippen LogP contribution < -0.4 is 4.72 Å². The number of likely N-dealkylation sites (tertiary alicyclic amines) is 1. The Balaban J connectivity index is 2.03. The second-order valence-corrected chi connectivity index (χ2v) is 10.7. The van der Waals surface area contributed by atoms with E-state index in [9.17, 15) is 26.0 Å². The summed E-state index contributed by atoms with van der Waals surface area (Å²) >= 11 is 5.60. The third-order valence-electron chi connectivity index (χ3n) is 4.26. The fourth-order valence-electron chi connectivity index (χ4n) is 2.77. The number of rotatable bonds is 5. The number of piperidine rings is 1. The monoisotopic (exact) mass is 426 g/mol. The molecule has 1 aliphatic heterocycles. The average Bonchev–Trinajstić information content (AvgIpc) is 2.55. The van der Waals surface area contributed by atoms with Crippen LogP contribution in [0, 0.1) is 5.82 Å². The highest BCUT2D eigenvalue weighted by atomic mass is 35.5. The first kappa shape index (κ1) is 21.1. The van der Waals surface area contributed by atoms with Gasteiger partial charge in [-0.15, -0.1) is 0 Å². The summed E-state index contributed by atoms with van der Waals surface area (Å²) in [6, 6.07) is 1.89. The summed E-state index contributed by atoms with van der Waals surface area (Å²) in [5.74, 6) is -1.20. The Morgan fingerprint density at radius 2 is 1.85 bits per heavy atom. The summed E-state index contributed by atoms with van der Waals surface area (Å²) in [4.78, 5) is 13.6. The summed E-state index contributed by atoms with van der Waals surface area (Å²) in [7, 11) is -7.22. The van der Waals surface area contributed by atoms with E-state index >= 15 is 0 Å². The van der Waals surface area contributed by atoms with Crippen LogP contribution in [-0.2, 0) is 24.7 Å². The van der Waals surface area contributed by atoms with E-state index in [0.29, 0.717) is 12.8 Å². The molecule has 0 saturated carbocycles. The smallest absolute Gasteiger partial charge is 0.241 e. The maximum atomic E-state index is 13.2. The zero-order valence-corrected chi connectivity index (χ0v) is 16.7. The number of carbonyl (C=O) groups is 1. The van der Waals surface area contributed by atoms with E-state index < -0.39 is 42.9 Å². The van der Waals surface area contributed by atoms with Crippen LogP contribution in [0.5, 0.6) is 0 Å². The molecule has 0 spiro atoms. The van der Waals surface area contributed by atoms with Crippen molar-refractivity contribution in [1.29, 1.82) is 0 Å². The molecule has 1 saturated heterocycles. The van der Waals surface area contributed by atoms with Gasteiger partial charge in [0.2, 0.25) is 15.9 Å². The first-order chi connectivity index (χ1) is 11.9. The molecule has 1 amide bonds. The number of sulfone groups is 1. The molecule has 1 aliphatic rings. The quantitative estimate of drug-likeness (QED) is 0.762. The van der Waals surface area contributed by atoms with Gasteiger partial charge in [-0.05, 0) is 38.0 Å². The topological polar surface area (TPSA) is 101 Å². The van der Waals surface area contributed by atoms with Crippen LogP contribution in [0.1, 0.15) is 19.8 Å². The number of hydrogen-bond acceptors (Lipinski definition) is 5. The molecule has 1 aromatic rings. The highest BCUT2D eigenvalue weighted by Gasteiger charge is 2.32. The molecule has 1 aromatic carbocycles. The third-order valence-corrected chi connectivity index (χ3v) is 7.77. The molecule has 146 valence electrons. The van der Waals surface area contributed by atoms with Gasteiger partial charge >= 0.3 is 0 Å². The molecule has 11 heteroatoms. The molecule has 7 nitrogen and oxygen atoms in total. The van der Waals surface area contributed by atoms with Crippen LogP contribution in [0.4, 0.5) is 4.39 Å². The number of carbonyl (C=O) groups excluding carboxylic acids is 1. The lowest BCUT2D eigenvalue weighted by Crippen LogP contribution is -2.50. The SMILES string of the molecule is CC(NS(=O)(=O)c1ccc(F)c(Cl)c1)C(=O)N1CCC(S(C)(=O)=O)CC1. The van der Waals surface area contributed by atoms with Crippen molar-refractivity contribution in [2.45, 2.75) is 36.0 Å². The maximum Gasteiger partial charge on any atom is 0.241 e. The van der Waals surface area contributed by atoms with Gasteiger partial charge in [0.1, 0.15) is 15.7 Å². The van der Waals surface area contributed by atoms with Gasteiger partial charge in [-0.1, -0.05) is 11.6 Å². The second kappa shape index (κ2) is 7.79. The van der Waals surface area contributed by atoms with E-state index in [1.54, 1.807) is 0 Å². The van der Waals surface area contributed by atoms with Crippen LogP contribution in [0.25, 0.3) is 0 Å². The predicted molar refractivity (Wildman–Crippen MR) is 95.6 cm³/mol. The van der Waals surface area contributed by atoms with Crippen molar-refractivity contribution in [2.24, 2.45) is 0 Å². The van der Waals surface area contributed by atoms with Gasteiger partial charge in [0.25, 0.3) is 0 Å². The highest BCUT2D eigenvalue weighted by molar-refractivity contribution is 7.91. The lowest BCUT2D eigenvalue weighted by atomic mass is 10.1. The van der Waals surface area contributed by atoms with Crippen molar-refractivity contribution in [1.82, 2.24) is 9.62 Å². The summed E-state index contributed by atoms with van der Waals surface area (Å²) in [5, 5.41) is -0.824. The number of hydrogen-bond donors (Lipinski definition) is 1. The molecule has 1 fully saturated rings. The largest absolute Gasteiger partial charge is 0.341 e. The minimum atomic E-state index is -4.06. The molecule has 1 heterocycles. The number of halogens is 2. The normalized spacial score (nSPS) is 17.9. The Bertz CT molecular complexity index is 897. The zero-order valence-electron chi connectivity index (χ0n) is 14.3. The Morgan fingerprint density at radius 3 is 2.35 bits per heavy atom. The average molecular weight is 427 g/mol. The van der Waals surface area contributed by atoms with Crippen molar-refractivity contribution in [2.75, 3.05) is 19.3 Å². The van der Waals surface area contributed by atoms with Gasteiger partial charge in [-0.25, -0.2) is 21.2 Å². The van der Waals surface area contributed by atoms with E-state index in [1.807, 2.05) is 0 Å². The van der Waals surface area contributed by atoms with E-state index in [-0.39, 0.29) is 23.0 Å². The van der Waals surface area contributed by atoms with E-state index in [4.69, 9.17) is 11.6 Å². The molecule has 0 radical (unpaired) electrons. The van der Waals surface area contributed by atoms with Gasteiger partial charge in [0, 0.05) is 19.3 Å². The molecule has 0 aromatic heterocycles. The lowest BCUT2D eigenvalue weighted by molar-refractivity contribution is -0.133. The number of amides is 1. The molecular formula is C15H20ClFN2O5S2. The van der Waals surface area contributed by atoms with Crippen LogP contribution in [0.15, 0.2) is 23.1 Å². The summed E-state index contributed by atoms with van der Waals surface area (Å²) in [6.07, 6.45) is 1.80. The second-order valence-electron chi connectivity index (χ2n) is 6.27. The number of nitrogens with zero attached hydrogens (tertiary/aromatic N) is 1. The third kappa shape index (κ3) is 4.93. The van der Waals surface area contributed by atoms with E-state index in [1.165, 1.54) is 18.1 Å². The summed E-state index contributed by atoms with van der Waals surface area (Å²) < 4.78 is 63.2. The highest BCUT2D eigenvalue weighted by Crippen LogP contribution is 2.21. The minimum Gasteiger partial charge on any atom is -0.341 e. The Kier molecular flexibility index (Phi) is 6.32. The molecule has 26 heavy (non-hydrogen) atoms. The first-order valence-corrected chi connectivity index (χ1v) is 11.7. The van der Waals surface area contributed by atoms with Crippen molar-refractivity contribution < 1.29 is 26.0 Å². The maximum absolute atomic E-state index is 13.2. The summed E-state index contributed by atoms with van der Waals surface area (Å²) in [5.41, 5.74) is 0. The first-order valence-electron chi connectivity index (χ1n) is 7.87. The fraction of sp³-hybridized carbons (Fsp3) is 0.533. The number of benzene rings is 1. The molecule has 0 aliphatic carbocycles. The van der Waals surface area contributed by atoms with Gasteiger partial charge in [0.15, 0.2) is 0 Å². The van der Waals surface area contributed by atoms with Gasteiger partial charge in [-0.2, -0.15) is 4.72 Å². The number of nitrogens with one attached hydrogen (secondary N) is 1. The standard InChI is InChI=1S/C15H20ClFN2O5S2/c1-10(15(20)19-7-5-11(6-8-19)25(2,21)22)18-26(23,24)12-3-4-14(17)13(16)9-12/h3-4,9-11,18H,5-8H2,1-2H3. The Labute approximate surface area is 157 Å².